The van der Waals surface area contributed by atoms with Crippen LogP contribution >= 0.6 is 11.6 Å². The summed E-state index contributed by atoms with van der Waals surface area (Å²) in [4.78, 5) is 12.7. The van der Waals surface area contributed by atoms with E-state index in [4.69, 9.17) is 11.6 Å². The van der Waals surface area contributed by atoms with Crippen molar-refractivity contribution in [3.05, 3.63) is 119 Å². The topological polar surface area (TPSA) is 50.7 Å². The van der Waals surface area contributed by atoms with E-state index in [0.717, 1.165) is 17.7 Å². The Kier molecular flexibility index (Phi) is 6.29. The van der Waals surface area contributed by atoms with Crippen molar-refractivity contribution < 1.29 is 17.6 Å². The molecule has 9 heteroatoms. The lowest BCUT2D eigenvalue weighted by Crippen LogP contribution is -2.41. The molecule has 0 aliphatic heterocycles. The summed E-state index contributed by atoms with van der Waals surface area (Å²) in [6.07, 6.45) is -0.253. The maximum Gasteiger partial charge on any atom is 0.416 e. The molecule has 0 saturated carbocycles. The maximum atomic E-state index is 14.5. The highest BCUT2D eigenvalue weighted by molar-refractivity contribution is 6.30. The van der Waals surface area contributed by atoms with Crippen molar-refractivity contribution in [3.63, 3.8) is 0 Å². The van der Waals surface area contributed by atoms with Gasteiger partial charge in [0, 0.05) is 25.0 Å². The standard InChI is InChI=1S/C24H17ClF4N4/c25-19-7-8-21(32-15-19)23(14-16-5-2-1-3-6-16,33-22-30-9-4-10-31-22)17-11-18(24(27,28)29)13-20(26)12-17/h1-13,15H,14H2,(H,30,31,33). The number of halogens is 5. The van der Waals surface area contributed by atoms with Crippen molar-refractivity contribution in [3.8, 4) is 0 Å². The second-order valence-electron chi connectivity index (χ2n) is 7.35. The third kappa shape index (κ3) is 5.12. The Labute approximate surface area is 192 Å². The number of nitrogens with zero attached hydrogens (tertiary/aromatic N) is 3. The Bertz CT molecular complexity index is 1180. The zero-order valence-corrected chi connectivity index (χ0v) is 17.8. The zero-order chi connectivity index (χ0) is 23.5. The lowest BCUT2D eigenvalue weighted by atomic mass is 9.80. The summed E-state index contributed by atoms with van der Waals surface area (Å²) in [5.41, 5.74) is -1.45. The summed E-state index contributed by atoms with van der Waals surface area (Å²) < 4.78 is 55.3. The molecule has 0 aliphatic rings. The summed E-state index contributed by atoms with van der Waals surface area (Å²) in [6.45, 7) is 0. The Balaban J connectivity index is 2.00. The minimum absolute atomic E-state index is 0.0148. The Morgan fingerprint density at radius 2 is 1.52 bits per heavy atom. The molecular formula is C24H17ClF4N4. The quantitative estimate of drug-likeness (QED) is 0.335. The van der Waals surface area contributed by atoms with Gasteiger partial charge in [-0.2, -0.15) is 13.2 Å². The van der Waals surface area contributed by atoms with Crippen LogP contribution in [0.15, 0.2) is 85.3 Å². The average Bonchev–Trinajstić information content (AvgIpc) is 2.79. The molecule has 2 heterocycles. The number of benzene rings is 2. The van der Waals surface area contributed by atoms with E-state index in [0.29, 0.717) is 16.8 Å². The van der Waals surface area contributed by atoms with Gasteiger partial charge in [0.25, 0.3) is 0 Å². The molecule has 0 bridgehead atoms. The van der Waals surface area contributed by atoms with Gasteiger partial charge in [0.2, 0.25) is 5.95 Å². The molecule has 0 aliphatic carbocycles. The maximum absolute atomic E-state index is 14.5. The van der Waals surface area contributed by atoms with Gasteiger partial charge in [-0.1, -0.05) is 41.9 Å². The molecule has 1 atom stereocenters. The zero-order valence-electron chi connectivity index (χ0n) is 17.0. The molecule has 1 N–H and O–H groups in total. The van der Waals surface area contributed by atoms with Crippen LogP contribution in [-0.2, 0) is 18.1 Å². The van der Waals surface area contributed by atoms with Crippen molar-refractivity contribution in [2.45, 2.75) is 18.1 Å². The molecule has 4 rings (SSSR count). The third-order valence-electron chi connectivity index (χ3n) is 5.09. The van der Waals surface area contributed by atoms with Gasteiger partial charge < -0.3 is 5.32 Å². The summed E-state index contributed by atoms with van der Waals surface area (Å²) >= 11 is 6.02. The fourth-order valence-electron chi connectivity index (χ4n) is 3.61. The van der Waals surface area contributed by atoms with E-state index in [9.17, 15) is 17.6 Å². The van der Waals surface area contributed by atoms with Crippen LogP contribution in [0.25, 0.3) is 0 Å². The molecule has 2 aromatic carbocycles. The number of hydrogen-bond acceptors (Lipinski definition) is 4. The van der Waals surface area contributed by atoms with Crippen molar-refractivity contribution in [1.29, 1.82) is 0 Å². The van der Waals surface area contributed by atoms with E-state index < -0.39 is 23.1 Å². The first-order chi connectivity index (χ1) is 15.8. The lowest BCUT2D eigenvalue weighted by molar-refractivity contribution is -0.137. The van der Waals surface area contributed by atoms with Gasteiger partial charge in [0.1, 0.15) is 11.4 Å². The fraction of sp³-hybridized carbons (Fsp3) is 0.125. The van der Waals surface area contributed by atoms with Crippen LogP contribution in [0.3, 0.4) is 0 Å². The highest BCUT2D eigenvalue weighted by Gasteiger charge is 2.40. The molecule has 168 valence electrons. The minimum atomic E-state index is -4.74. The van der Waals surface area contributed by atoms with Crippen molar-refractivity contribution in [2.24, 2.45) is 0 Å². The first-order valence-corrected chi connectivity index (χ1v) is 10.2. The van der Waals surface area contributed by atoms with Crippen LogP contribution in [0.5, 0.6) is 0 Å². The number of nitrogens with one attached hydrogen (secondary N) is 1. The molecule has 0 spiro atoms. The van der Waals surface area contributed by atoms with Crippen LogP contribution in [0.2, 0.25) is 5.02 Å². The number of anilines is 1. The normalized spacial score (nSPS) is 13.4. The van der Waals surface area contributed by atoms with E-state index in [1.54, 1.807) is 30.3 Å². The predicted molar refractivity (Wildman–Crippen MR) is 117 cm³/mol. The predicted octanol–water partition coefficient (Wildman–Crippen LogP) is 6.28. The van der Waals surface area contributed by atoms with Gasteiger partial charge in [-0.05, 0) is 47.5 Å². The van der Waals surface area contributed by atoms with Gasteiger partial charge in [-0.15, -0.1) is 0 Å². The SMILES string of the molecule is Fc1cc(C(F)(F)F)cc(C(Cc2ccccc2)(Nc2ncccn2)c2ccc(Cl)cn2)c1. The van der Waals surface area contributed by atoms with Gasteiger partial charge in [-0.25, -0.2) is 14.4 Å². The average molecular weight is 473 g/mol. The molecule has 0 saturated heterocycles. The first-order valence-electron chi connectivity index (χ1n) is 9.86. The van der Waals surface area contributed by atoms with Crippen molar-refractivity contribution in [2.75, 3.05) is 5.32 Å². The molecular weight excluding hydrogens is 456 g/mol. The fourth-order valence-corrected chi connectivity index (χ4v) is 3.72. The van der Waals surface area contributed by atoms with E-state index >= 15 is 0 Å². The van der Waals surface area contributed by atoms with Crippen LogP contribution in [0, 0.1) is 5.82 Å². The molecule has 33 heavy (non-hydrogen) atoms. The smallest absolute Gasteiger partial charge is 0.339 e. The second-order valence-corrected chi connectivity index (χ2v) is 7.79. The lowest BCUT2D eigenvalue weighted by Gasteiger charge is -2.36. The highest BCUT2D eigenvalue weighted by atomic mass is 35.5. The van der Waals surface area contributed by atoms with Gasteiger partial charge >= 0.3 is 6.18 Å². The largest absolute Gasteiger partial charge is 0.416 e. The van der Waals surface area contributed by atoms with Gasteiger partial charge in [-0.3, -0.25) is 4.98 Å². The number of hydrogen-bond donors (Lipinski definition) is 1. The molecule has 0 amide bonds. The minimum Gasteiger partial charge on any atom is -0.339 e. The number of rotatable bonds is 6. The van der Waals surface area contributed by atoms with Crippen molar-refractivity contribution in [1.82, 2.24) is 15.0 Å². The third-order valence-corrected chi connectivity index (χ3v) is 5.31. The van der Waals surface area contributed by atoms with E-state index in [-0.39, 0.29) is 17.9 Å². The monoisotopic (exact) mass is 472 g/mol. The molecule has 1 unspecified atom stereocenters. The van der Waals surface area contributed by atoms with Crippen LogP contribution < -0.4 is 5.32 Å². The van der Waals surface area contributed by atoms with E-state index in [1.165, 1.54) is 18.6 Å². The van der Waals surface area contributed by atoms with Crippen LogP contribution in [-0.4, -0.2) is 15.0 Å². The number of aromatic nitrogens is 3. The molecule has 2 aromatic heterocycles. The Morgan fingerprint density at radius 3 is 2.15 bits per heavy atom. The summed E-state index contributed by atoms with van der Waals surface area (Å²) in [5, 5.41) is 3.48. The summed E-state index contributed by atoms with van der Waals surface area (Å²) in [7, 11) is 0. The van der Waals surface area contributed by atoms with Gasteiger partial charge in [0.15, 0.2) is 0 Å². The van der Waals surface area contributed by atoms with E-state index in [1.807, 2.05) is 18.2 Å². The van der Waals surface area contributed by atoms with Crippen LogP contribution in [0.1, 0.15) is 22.4 Å². The summed E-state index contributed by atoms with van der Waals surface area (Å²) in [6, 6.07) is 16.3. The second kappa shape index (κ2) is 9.15. The van der Waals surface area contributed by atoms with Gasteiger partial charge in [0.05, 0.1) is 16.3 Å². The molecule has 4 nitrogen and oxygen atoms in total. The Morgan fingerprint density at radius 1 is 0.818 bits per heavy atom. The number of pyridine rings is 1. The number of alkyl halides is 3. The highest BCUT2D eigenvalue weighted by Crippen LogP contribution is 2.39. The van der Waals surface area contributed by atoms with Crippen molar-refractivity contribution >= 4 is 17.5 Å². The molecule has 0 fully saturated rings. The summed E-state index contributed by atoms with van der Waals surface area (Å²) in [5.74, 6) is -0.884. The van der Waals surface area contributed by atoms with E-state index in [2.05, 4.69) is 20.3 Å². The first kappa shape index (κ1) is 22.7. The Hall–Kier alpha value is -3.52. The molecule has 0 radical (unpaired) electrons. The van der Waals surface area contributed by atoms with Crippen LogP contribution in [0.4, 0.5) is 23.5 Å². The molecule has 4 aromatic rings.